The van der Waals surface area contributed by atoms with Crippen molar-refractivity contribution in [1.82, 2.24) is 4.31 Å². The molecule has 3 nitrogen and oxygen atoms in total. The fourth-order valence-electron chi connectivity index (χ4n) is 1.15. The topological polar surface area (TPSA) is 28.0 Å². The Labute approximate surface area is 79.1 Å². The monoisotopic (exact) mass is 185 g/mol. The van der Waals surface area contributed by atoms with Crippen LogP contribution in [0.15, 0.2) is 10.2 Å². The maximum absolute atomic E-state index is 4.34. The van der Waals surface area contributed by atoms with Crippen LogP contribution in [0, 0.1) is 0 Å². The zero-order chi connectivity index (χ0) is 8.97. The van der Waals surface area contributed by atoms with Crippen molar-refractivity contribution in [2.45, 2.75) is 39.2 Å². The summed E-state index contributed by atoms with van der Waals surface area (Å²) in [6, 6.07) is 0.325. The SMILES string of the molecule is CCCCC1C=NN=C(C)N1S. The van der Waals surface area contributed by atoms with Crippen molar-refractivity contribution in [2.75, 3.05) is 0 Å². The first-order valence-corrected chi connectivity index (χ1v) is 4.71. The van der Waals surface area contributed by atoms with E-state index in [4.69, 9.17) is 0 Å². The molecule has 0 amide bonds. The van der Waals surface area contributed by atoms with Gasteiger partial charge in [-0.2, -0.15) is 5.10 Å². The van der Waals surface area contributed by atoms with Gasteiger partial charge in [0.25, 0.3) is 0 Å². The third-order valence-corrected chi connectivity index (χ3v) is 2.53. The molecule has 0 N–H and O–H groups in total. The first-order chi connectivity index (χ1) is 5.75. The maximum atomic E-state index is 4.34. The molecule has 0 aromatic heterocycles. The van der Waals surface area contributed by atoms with Crippen molar-refractivity contribution >= 4 is 24.9 Å². The third-order valence-electron chi connectivity index (χ3n) is 1.94. The van der Waals surface area contributed by atoms with E-state index in [1.165, 1.54) is 12.8 Å². The predicted molar refractivity (Wildman–Crippen MR) is 55.7 cm³/mol. The van der Waals surface area contributed by atoms with Crippen LogP contribution in [0.2, 0.25) is 0 Å². The van der Waals surface area contributed by atoms with Gasteiger partial charge >= 0.3 is 0 Å². The number of hydrogen-bond donors (Lipinski definition) is 1. The molecule has 1 rings (SSSR count). The van der Waals surface area contributed by atoms with Crippen molar-refractivity contribution in [1.29, 1.82) is 0 Å². The number of rotatable bonds is 3. The van der Waals surface area contributed by atoms with Crippen LogP contribution in [-0.2, 0) is 0 Å². The number of hydrogen-bond acceptors (Lipinski definition) is 4. The van der Waals surface area contributed by atoms with Crippen LogP contribution < -0.4 is 0 Å². The van der Waals surface area contributed by atoms with Gasteiger partial charge in [-0.3, -0.25) is 4.31 Å². The maximum Gasteiger partial charge on any atom is 0.134 e. The summed E-state index contributed by atoms with van der Waals surface area (Å²) in [5, 5.41) is 7.82. The average molecular weight is 185 g/mol. The van der Waals surface area contributed by atoms with Gasteiger partial charge in [-0.15, -0.1) is 5.10 Å². The summed E-state index contributed by atoms with van der Waals surface area (Å²) >= 11 is 4.34. The average Bonchev–Trinajstić information content (AvgIpc) is 2.08. The van der Waals surface area contributed by atoms with Crippen LogP contribution in [0.3, 0.4) is 0 Å². The van der Waals surface area contributed by atoms with E-state index in [1.54, 1.807) is 0 Å². The largest absolute Gasteiger partial charge is 0.297 e. The Morgan fingerprint density at radius 3 is 3.08 bits per heavy atom. The third kappa shape index (κ3) is 2.24. The molecular formula is C8H15N3S. The summed E-state index contributed by atoms with van der Waals surface area (Å²) < 4.78 is 1.88. The molecule has 0 aliphatic carbocycles. The summed E-state index contributed by atoms with van der Waals surface area (Å²) in [5.41, 5.74) is 0. The molecule has 68 valence electrons. The van der Waals surface area contributed by atoms with Gasteiger partial charge in [0.1, 0.15) is 5.84 Å². The molecule has 4 heteroatoms. The zero-order valence-corrected chi connectivity index (χ0v) is 8.46. The Bertz CT molecular complexity index is 200. The molecule has 1 aliphatic rings. The van der Waals surface area contributed by atoms with Crippen molar-refractivity contribution in [3.05, 3.63) is 0 Å². The number of thiol groups is 1. The van der Waals surface area contributed by atoms with E-state index < -0.39 is 0 Å². The lowest BCUT2D eigenvalue weighted by Crippen LogP contribution is -2.34. The van der Waals surface area contributed by atoms with Gasteiger partial charge in [-0.25, -0.2) is 0 Å². The van der Waals surface area contributed by atoms with Crippen LogP contribution in [0.1, 0.15) is 33.1 Å². The van der Waals surface area contributed by atoms with E-state index in [0.717, 1.165) is 12.3 Å². The second kappa shape index (κ2) is 4.50. The van der Waals surface area contributed by atoms with Gasteiger partial charge < -0.3 is 0 Å². The minimum absolute atomic E-state index is 0.325. The lowest BCUT2D eigenvalue weighted by Gasteiger charge is -2.26. The Balaban J connectivity index is 2.46. The van der Waals surface area contributed by atoms with Gasteiger partial charge in [0.2, 0.25) is 0 Å². The predicted octanol–water partition coefficient (Wildman–Crippen LogP) is 2.11. The molecular weight excluding hydrogens is 170 g/mol. The van der Waals surface area contributed by atoms with Crippen LogP contribution in [0.4, 0.5) is 0 Å². The molecule has 0 aromatic carbocycles. The fraction of sp³-hybridized carbons (Fsp3) is 0.750. The molecule has 0 saturated carbocycles. The van der Waals surface area contributed by atoms with Crippen LogP contribution in [0.5, 0.6) is 0 Å². The van der Waals surface area contributed by atoms with E-state index in [9.17, 15) is 0 Å². The first kappa shape index (κ1) is 9.58. The lowest BCUT2D eigenvalue weighted by atomic mass is 10.1. The highest BCUT2D eigenvalue weighted by atomic mass is 32.1. The fourth-order valence-corrected chi connectivity index (χ4v) is 1.37. The Morgan fingerprint density at radius 2 is 2.42 bits per heavy atom. The normalized spacial score (nSPS) is 22.8. The van der Waals surface area contributed by atoms with Gasteiger partial charge in [-0.1, -0.05) is 32.6 Å². The summed E-state index contributed by atoms with van der Waals surface area (Å²) in [7, 11) is 0. The van der Waals surface area contributed by atoms with E-state index in [2.05, 4.69) is 29.9 Å². The summed E-state index contributed by atoms with van der Waals surface area (Å²) in [6.07, 6.45) is 5.38. The van der Waals surface area contributed by atoms with E-state index in [-0.39, 0.29) is 0 Å². The molecule has 0 aromatic rings. The van der Waals surface area contributed by atoms with Crippen molar-refractivity contribution in [2.24, 2.45) is 10.2 Å². The second-order valence-corrected chi connectivity index (χ2v) is 3.40. The minimum atomic E-state index is 0.325. The molecule has 1 heterocycles. The second-order valence-electron chi connectivity index (χ2n) is 2.97. The van der Waals surface area contributed by atoms with Gasteiger partial charge in [0.05, 0.1) is 12.3 Å². The molecule has 0 spiro atoms. The van der Waals surface area contributed by atoms with Crippen LogP contribution in [-0.4, -0.2) is 22.4 Å². The highest BCUT2D eigenvalue weighted by Crippen LogP contribution is 2.13. The molecule has 1 aliphatic heterocycles. The van der Waals surface area contributed by atoms with Gasteiger partial charge in [0.15, 0.2) is 0 Å². The summed E-state index contributed by atoms with van der Waals surface area (Å²) in [6.45, 7) is 4.10. The molecule has 0 fully saturated rings. The van der Waals surface area contributed by atoms with Crippen molar-refractivity contribution in [3.63, 3.8) is 0 Å². The molecule has 12 heavy (non-hydrogen) atoms. The number of unbranched alkanes of at least 4 members (excludes halogenated alkanes) is 1. The molecule has 0 bridgehead atoms. The molecule has 1 atom stereocenters. The lowest BCUT2D eigenvalue weighted by molar-refractivity contribution is 0.523. The van der Waals surface area contributed by atoms with E-state index in [1.807, 2.05) is 17.4 Å². The quantitative estimate of drug-likeness (QED) is 0.670. The Hall–Kier alpha value is -0.510. The smallest absolute Gasteiger partial charge is 0.134 e. The van der Waals surface area contributed by atoms with E-state index >= 15 is 0 Å². The molecule has 1 unspecified atom stereocenters. The standard InChI is InChI=1S/C8H15N3S/c1-3-4-5-8-6-9-10-7(2)11(8)12/h6,8,12H,3-5H2,1-2H3. The molecule has 0 saturated heterocycles. The Morgan fingerprint density at radius 1 is 1.67 bits per heavy atom. The highest BCUT2D eigenvalue weighted by molar-refractivity contribution is 7.78. The highest BCUT2D eigenvalue weighted by Gasteiger charge is 2.16. The summed E-state index contributed by atoms with van der Waals surface area (Å²) in [5.74, 6) is 0.877. The number of nitrogens with zero attached hydrogens (tertiary/aromatic N) is 3. The van der Waals surface area contributed by atoms with E-state index in [0.29, 0.717) is 6.04 Å². The Kier molecular flexibility index (Phi) is 3.59. The van der Waals surface area contributed by atoms with Crippen molar-refractivity contribution < 1.29 is 0 Å². The van der Waals surface area contributed by atoms with Crippen LogP contribution >= 0.6 is 12.8 Å². The van der Waals surface area contributed by atoms with Crippen molar-refractivity contribution in [3.8, 4) is 0 Å². The molecule has 0 radical (unpaired) electrons. The number of amidine groups is 1. The van der Waals surface area contributed by atoms with Gasteiger partial charge in [0, 0.05) is 0 Å². The summed E-state index contributed by atoms with van der Waals surface area (Å²) in [4.78, 5) is 0. The first-order valence-electron chi connectivity index (χ1n) is 4.31. The minimum Gasteiger partial charge on any atom is -0.297 e. The zero-order valence-electron chi connectivity index (χ0n) is 7.56. The van der Waals surface area contributed by atoms with Gasteiger partial charge in [-0.05, 0) is 13.3 Å². The van der Waals surface area contributed by atoms with Crippen LogP contribution in [0.25, 0.3) is 0 Å².